The highest BCUT2D eigenvalue weighted by atomic mass is 32.1. The summed E-state index contributed by atoms with van der Waals surface area (Å²) in [4.78, 5) is 36.3. The van der Waals surface area contributed by atoms with E-state index in [1.165, 1.54) is 210 Å². The van der Waals surface area contributed by atoms with Gasteiger partial charge in [0.1, 0.15) is 48.1 Å². The zero-order valence-electron chi connectivity index (χ0n) is 79.1. The molecule has 0 unspecified atom stereocenters. The third-order valence-electron chi connectivity index (χ3n) is 30.7. The maximum absolute atomic E-state index is 5.65. The molecule has 0 fully saturated rings. The second kappa shape index (κ2) is 32.3. The van der Waals surface area contributed by atoms with Crippen LogP contribution in [0.2, 0.25) is 0 Å². The van der Waals surface area contributed by atoms with Gasteiger partial charge in [-0.2, -0.15) is 0 Å². The van der Waals surface area contributed by atoms with Crippen LogP contribution in [-0.2, 0) is 0 Å². The average molecular weight is 2000 g/mol. The Hall–Kier alpha value is -17.9. The van der Waals surface area contributed by atoms with Crippen molar-refractivity contribution < 1.29 is 0 Å². The van der Waals surface area contributed by atoms with Crippen LogP contribution < -0.4 is 0 Å². The summed E-state index contributed by atoms with van der Waals surface area (Å²) >= 11 is 10.8. The molecule has 0 saturated carbocycles. The second-order valence-corrected chi connectivity index (χ2v) is 45.0. The Morgan fingerprint density at radius 2 is 0.443 bits per heavy atom. The number of hydrogen-bond acceptors (Lipinski definition) is 12. The zero-order valence-corrected chi connectivity index (χ0v) is 84.0. The fourth-order valence-corrected chi connectivity index (χ4v) is 31.1. The average Bonchev–Trinajstić information content (AvgIpc) is 1.53. The number of thiophene rings is 6. The van der Waals surface area contributed by atoms with Gasteiger partial charge in [-0.1, -0.05) is 364 Å². The minimum Gasteiger partial charge on any atom is -0.290 e. The van der Waals surface area contributed by atoms with E-state index in [1.807, 2.05) is 34.0 Å². The Bertz CT molecular complexity index is 12100. The van der Waals surface area contributed by atoms with Gasteiger partial charge < -0.3 is 0 Å². The SMILES string of the molecule is c1ccc(-c2nc3c(nc2-n2c4ccccc4c4c5ccccc5c5c6cc7ccccc7cc6sc5c42)sc2ccccc23)cc1.c1ccc2cc(-c3nc4c(nc3-n3c5ccccc5c5c6ccccc6c6c7cc8ccccc8cc7sc6c53)sc3ccccc34)ccc2c1.c1ccc2cc3c(cc2c1)sc1c3c2ccccc2c2c3ccccc3n(-c3nc4sc5ccccc5c4nc3-c3cccc4ccccc34)c12. The molecule has 0 N–H and O–H groups in total. The minimum atomic E-state index is 0.856. The molecule has 0 aliphatic carbocycles. The Labute approximate surface area is 871 Å². The van der Waals surface area contributed by atoms with E-state index in [0.717, 1.165) is 115 Å². The van der Waals surface area contributed by atoms with Gasteiger partial charge in [-0.25, -0.2) is 29.9 Å². The van der Waals surface area contributed by atoms with Gasteiger partial charge >= 0.3 is 0 Å². The summed E-state index contributed by atoms with van der Waals surface area (Å²) in [5.41, 5.74) is 15.7. The highest BCUT2D eigenvalue weighted by Crippen LogP contribution is 2.56. The molecule has 12 aromatic heterocycles. The van der Waals surface area contributed by atoms with Gasteiger partial charge in [0.2, 0.25) is 0 Å². The molecule has 0 atom stereocenters. The predicted octanol–water partition coefficient (Wildman–Crippen LogP) is 39.2. The van der Waals surface area contributed by atoms with Crippen LogP contribution in [0.15, 0.2) is 443 Å². The lowest BCUT2D eigenvalue weighted by Crippen LogP contribution is -2.03. The van der Waals surface area contributed by atoms with Crippen molar-refractivity contribution in [2.45, 2.75) is 0 Å². The van der Waals surface area contributed by atoms with E-state index in [4.69, 9.17) is 29.9 Å². The summed E-state index contributed by atoms with van der Waals surface area (Å²) in [5, 5.41) is 38.6. The van der Waals surface area contributed by atoms with Crippen molar-refractivity contribution in [3.63, 3.8) is 0 Å². The largest absolute Gasteiger partial charge is 0.290 e. The number of benzene rings is 23. The van der Waals surface area contributed by atoms with E-state index >= 15 is 0 Å². The van der Waals surface area contributed by atoms with Crippen LogP contribution in [0.4, 0.5) is 0 Å². The van der Waals surface area contributed by atoms with E-state index in [-0.39, 0.29) is 0 Å². The van der Waals surface area contributed by atoms with Crippen molar-refractivity contribution >= 4 is 341 Å². The van der Waals surface area contributed by atoms with Gasteiger partial charge in [-0.15, -0.1) is 68.0 Å². The Morgan fingerprint density at radius 1 is 0.161 bits per heavy atom. The van der Waals surface area contributed by atoms with E-state index in [1.54, 1.807) is 34.0 Å². The fraction of sp³-hybridized carbons (Fsp3) is 0. The summed E-state index contributed by atoms with van der Waals surface area (Å²) < 4.78 is 18.6. The first kappa shape index (κ1) is 83.4. The molecular formula is C134H73N9S6. The van der Waals surface area contributed by atoms with Crippen LogP contribution in [0.3, 0.4) is 0 Å². The van der Waals surface area contributed by atoms with Crippen molar-refractivity contribution in [1.82, 2.24) is 43.6 Å². The van der Waals surface area contributed by atoms with E-state index < -0.39 is 0 Å². The summed E-state index contributed by atoms with van der Waals surface area (Å²) in [6.45, 7) is 0. The van der Waals surface area contributed by atoms with Gasteiger partial charge in [0.25, 0.3) is 0 Å². The standard InChI is InChI=1S/2C46H25N3S2.C42H23N3S2/c1-2-14-28-25-38-35(24-27(28)13-1)40-31-18-6-5-17-30(31)39-33-19-7-9-22-36(33)49(43(39)44(40)50-38)45-41(32-21-11-15-26-12-3-4-16-29(26)32)47-42-34-20-8-10-23-37(34)51-46(42)48-45;1-2-12-27-23-30(22-21-26(27)11-1)41-45(48-46-42(47-41)34-18-8-10-20-37(34)51-46)49-36-19-9-7-17-33(36)39-31-15-5-6-16-32(31)40-35-24-28-13-3-4-14-29(28)25-38(35)50-44(40)43(39)49;1-2-12-24(13-3-1)37-41(44-42-38(43-37)30-19-9-11-21-33(30)47-42)45-32-20-10-8-18-29(32)35-27-16-6-7-17-28(27)36-31-22-25-14-4-5-15-26(25)23-34(31)46-40(36)39(35)45/h2*1-25H;1-23H. The molecule has 0 aliphatic heterocycles. The predicted molar refractivity (Wildman–Crippen MR) is 643 cm³/mol. The van der Waals surface area contributed by atoms with Crippen molar-refractivity contribution in [1.29, 1.82) is 0 Å². The van der Waals surface area contributed by atoms with Crippen LogP contribution in [0.25, 0.3) is 325 Å². The first-order valence-corrected chi connectivity index (χ1v) is 55.0. The molecule has 9 nitrogen and oxygen atoms in total. The number of nitrogens with zero attached hydrogens (tertiary/aromatic N) is 9. The minimum absolute atomic E-state index is 0.856. The first-order chi connectivity index (χ1) is 73.9. The Morgan fingerprint density at radius 3 is 0.832 bits per heavy atom. The molecule has 0 amide bonds. The molecule has 12 heterocycles. The number of aromatic nitrogens is 9. The fourth-order valence-electron chi connectivity index (χ4n) is 24.2. The van der Waals surface area contributed by atoms with Gasteiger partial charge in [0, 0.05) is 126 Å². The molecule has 0 saturated heterocycles. The lowest BCUT2D eigenvalue weighted by Gasteiger charge is -2.15. The van der Waals surface area contributed by atoms with Crippen LogP contribution in [-0.4, -0.2) is 43.6 Å². The third-order valence-corrected chi connectivity index (χ3v) is 37.3. The lowest BCUT2D eigenvalue weighted by atomic mass is 9.98. The van der Waals surface area contributed by atoms with Crippen LogP contribution in [0.1, 0.15) is 0 Å². The van der Waals surface area contributed by atoms with E-state index in [2.05, 4.69) is 457 Å². The highest BCUT2D eigenvalue weighted by Gasteiger charge is 2.32. The van der Waals surface area contributed by atoms with Crippen LogP contribution in [0.5, 0.6) is 0 Å². The van der Waals surface area contributed by atoms with Crippen molar-refractivity contribution in [2.24, 2.45) is 0 Å². The lowest BCUT2D eigenvalue weighted by molar-refractivity contribution is 1.09. The Kier molecular flexibility index (Phi) is 18.1. The summed E-state index contributed by atoms with van der Waals surface area (Å²) in [7, 11) is 0. The number of fused-ring (bicyclic) bond motifs is 44. The summed E-state index contributed by atoms with van der Waals surface area (Å²) in [6, 6.07) is 160. The number of para-hydroxylation sites is 3. The molecule has 0 spiro atoms. The highest BCUT2D eigenvalue weighted by molar-refractivity contribution is 7.28. The molecule has 0 radical (unpaired) electrons. The quantitative estimate of drug-likeness (QED) is 0.165. The van der Waals surface area contributed by atoms with Gasteiger partial charge in [-0.05, 0) is 165 Å². The maximum atomic E-state index is 5.65. The molecule has 0 aliphatic rings. The molecule has 23 aromatic carbocycles. The van der Waals surface area contributed by atoms with Gasteiger partial charge in [0.15, 0.2) is 17.5 Å². The molecule has 35 aromatic rings. The van der Waals surface area contributed by atoms with Crippen LogP contribution >= 0.6 is 68.0 Å². The smallest absolute Gasteiger partial charge is 0.166 e. The first-order valence-electron chi connectivity index (χ1n) is 50.1. The normalized spacial score (nSPS) is 12.3. The molecule has 690 valence electrons. The van der Waals surface area contributed by atoms with Crippen LogP contribution in [0, 0.1) is 0 Å². The maximum Gasteiger partial charge on any atom is 0.166 e. The van der Waals surface area contributed by atoms with E-state index in [9.17, 15) is 0 Å². The number of rotatable bonds is 6. The van der Waals surface area contributed by atoms with Crippen molar-refractivity contribution in [2.75, 3.05) is 0 Å². The molecule has 0 bridgehead atoms. The molecule has 35 rings (SSSR count). The third kappa shape index (κ3) is 12.4. The zero-order chi connectivity index (χ0) is 97.1. The molecular weight excluding hydrogens is 1930 g/mol. The summed E-state index contributed by atoms with van der Waals surface area (Å²) in [6.07, 6.45) is 0. The molecule has 15 heteroatoms. The van der Waals surface area contributed by atoms with E-state index in [0.29, 0.717) is 0 Å². The molecule has 149 heavy (non-hydrogen) atoms. The van der Waals surface area contributed by atoms with Crippen molar-refractivity contribution in [3.05, 3.63) is 443 Å². The monoisotopic (exact) mass is 2000 g/mol. The van der Waals surface area contributed by atoms with Gasteiger partial charge in [0.05, 0.1) is 47.2 Å². The number of hydrogen-bond donors (Lipinski definition) is 0. The summed E-state index contributed by atoms with van der Waals surface area (Å²) in [5.74, 6) is 2.58. The topological polar surface area (TPSA) is 92.1 Å². The Balaban J connectivity index is 0.0000000971. The second-order valence-electron chi connectivity index (χ2n) is 38.8. The van der Waals surface area contributed by atoms with Crippen molar-refractivity contribution in [3.8, 4) is 51.2 Å². The van der Waals surface area contributed by atoms with Gasteiger partial charge in [-0.3, -0.25) is 13.7 Å².